The van der Waals surface area contributed by atoms with Gasteiger partial charge >= 0.3 is 0 Å². The molecule has 6 nitrogen and oxygen atoms in total. The number of aliphatic hydroxyl groups is 1. The van der Waals surface area contributed by atoms with Crippen molar-refractivity contribution in [1.82, 2.24) is 15.2 Å². The zero-order chi connectivity index (χ0) is 20.3. The number of fused-ring (bicyclic) bond motifs is 1. The Bertz CT molecular complexity index is 845. The topological polar surface area (TPSA) is 74.7 Å². The minimum absolute atomic E-state index is 0.0447. The first-order chi connectivity index (χ1) is 13.4. The average Bonchev–Trinajstić information content (AvgIpc) is 2.70. The lowest BCUT2D eigenvalue weighted by atomic mass is 9.99. The van der Waals surface area contributed by atoms with Crippen molar-refractivity contribution in [2.24, 2.45) is 5.92 Å². The smallest absolute Gasteiger partial charge is 0.259 e. The number of carbonyl (C=O) groups excluding carboxylic acids is 1. The van der Waals surface area contributed by atoms with Crippen LogP contribution in [0.5, 0.6) is 5.88 Å². The second-order valence-electron chi connectivity index (χ2n) is 7.27. The van der Waals surface area contributed by atoms with Gasteiger partial charge in [0.2, 0.25) is 5.88 Å². The van der Waals surface area contributed by atoms with E-state index < -0.39 is 0 Å². The van der Waals surface area contributed by atoms with Gasteiger partial charge in [-0.15, -0.1) is 0 Å². The summed E-state index contributed by atoms with van der Waals surface area (Å²) in [5, 5.41) is 12.8. The van der Waals surface area contributed by atoms with E-state index in [1.165, 1.54) is 12.1 Å². The van der Waals surface area contributed by atoms with E-state index in [0.29, 0.717) is 29.8 Å². The number of carbonyl (C=O) groups is 1. The molecular weight excluding hydrogens is 361 g/mol. The van der Waals surface area contributed by atoms with Crippen molar-refractivity contribution >= 4 is 5.91 Å². The van der Waals surface area contributed by atoms with E-state index in [1.807, 2.05) is 20.9 Å². The van der Waals surface area contributed by atoms with Crippen molar-refractivity contribution in [2.75, 3.05) is 26.7 Å². The van der Waals surface area contributed by atoms with Gasteiger partial charge in [0.15, 0.2) is 0 Å². The van der Waals surface area contributed by atoms with E-state index in [1.54, 1.807) is 29.3 Å². The Hall–Kier alpha value is -2.51. The van der Waals surface area contributed by atoms with Crippen LogP contribution in [0.4, 0.5) is 4.39 Å². The maximum absolute atomic E-state index is 13.6. The van der Waals surface area contributed by atoms with Gasteiger partial charge in [-0.1, -0.05) is 19.1 Å². The summed E-state index contributed by atoms with van der Waals surface area (Å²) in [7, 11) is 1.84. The Morgan fingerprint density at radius 3 is 2.86 bits per heavy atom. The Kier molecular flexibility index (Phi) is 6.26. The first kappa shape index (κ1) is 20.2. The largest absolute Gasteiger partial charge is 0.472 e. The number of aliphatic hydroxyl groups excluding tert-OH is 1. The van der Waals surface area contributed by atoms with Crippen LogP contribution in [0.15, 0.2) is 36.5 Å². The number of pyridine rings is 1. The van der Waals surface area contributed by atoms with E-state index in [0.717, 1.165) is 0 Å². The van der Waals surface area contributed by atoms with Crippen molar-refractivity contribution in [3.05, 3.63) is 47.9 Å². The molecule has 150 valence electrons. The van der Waals surface area contributed by atoms with E-state index in [4.69, 9.17) is 4.74 Å². The molecule has 0 fully saturated rings. The Balaban J connectivity index is 2.08. The number of amides is 1. The molecule has 0 saturated carbocycles. The third-order valence-electron chi connectivity index (χ3n) is 5.08. The molecule has 3 rings (SSSR count). The fraction of sp³-hybridized carbons (Fsp3) is 0.429. The number of hydrogen-bond acceptors (Lipinski definition) is 5. The van der Waals surface area contributed by atoms with Crippen LogP contribution in [0.2, 0.25) is 0 Å². The zero-order valence-electron chi connectivity index (χ0n) is 16.4. The van der Waals surface area contributed by atoms with E-state index in [9.17, 15) is 14.3 Å². The third-order valence-corrected chi connectivity index (χ3v) is 5.08. The molecule has 0 spiro atoms. The predicted octanol–water partition coefficient (Wildman–Crippen LogP) is 2.33. The monoisotopic (exact) mass is 387 g/mol. The first-order valence-electron chi connectivity index (χ1n) is 9.43. The second kappa shape index (κ2) is 8.67. The number of nitrogens with zero attached hydrogens (tertiary/aromatic N) is 2. The molecule has 0 bridgehead atoms. The number of aromatic nitrogens is 1. The summed E-state index contributed by atoms with van der Waals surface area (Å²) in [6.45, 7) is 4.74. The van der Waals surface area contributed by atoms with Crippen LogP contribution in [0.1, 0.15) is 24.2 Å². The Morgan fingerprint density at radius 2 is 2.18 bits per heavy atom. The van der Waals surface area contributed by atoms with Crippen LogP contribution >= 0.6 is 0 Å². The molecule has 1 aliphatic rings. The molecule has 2 heterocycles. The van der Waals surface area contributed by atoms with Crippen LogP contribution in [-0.4, -0.2) is 59.8 Å². The highest BCUT2D eigenvalue weighted by Gasteiger charge is 2.33. The summed E-state index contributed by atoms with van der Waals surface area (Å²) in [6.07, 6.45) is 1.40. The summed E-state index contributed by atoms with van der Waals surface area (Å²) < 4.78 is 19.7. The molecule has 2 aromatic rings. The standard InChI is InChI=1S/C21H26FN3O3/c1-13-11-25(14(2)12-26)21(27)18-8-16(15-5-4-6-17(22)7-15)9-24-20(18)28-19(13)10-23-3/h4-9,13-14,19,23,26H,10-12H2,1-3H3/t13-,14-,19-/m1/s1. The maximum atomic E-state index is 13.6. The minimum Gasteiger partial charge on any atom is -0.472 e. The van der Waals surface area contributed by atoms with Gasteiger partial charge in [0.1, 0.15) is 17.5 Å². The number of likely N-dealkylation sites (N-methyl/N-ethyl adjacent to an activating group) is 1. The maximum Gasteiger partial charge on any atom is 0.259 e. The Labute approximate surface area is 164 Å². The van der Waals surface area contributed by atoms with E-state index in [-0.39, 0.29) is 42.3 Å². The highest BCUT2D eigenvalue weighted by atomic mass is 19.1. The molecule has 7 heteroatoms. The number of hydrogen-bond donors (Lipinski definition) is 2. The van der Waals surface area contributed by atoms with Gasteiger partial charge in [-0.2, -0.15) is 0 Å². The normalized spacial score (nSPS) is 20.8. The van der Waals surface area contributed by atoms with Gasteiger partial charge in [-0.25, -0.2) is 9.37 Å². The van der Waals surface area contributed by atoms with Gasteiger partial charge in [-0.05, 0) is 37.7 Å². The molecule has 2 N–H and O–H groups in total. The highest BCUT2D eigenvalue weighted by Crippen LogP contribution is 2.30. The summed E-state index contributed by atoms with van der Waals surface area (Å²) in [4.78, 5) is 19.3. The molecule has 1 amide bonds. The zero-order valence-corrected chi connectivity index (χ0v) is 16.4. The molecule has 1 aromatic heterocycles. The van der Waals surface area contributed by atoms with Gasteiger partial charge in [-0.3, -0.25) is 4.79 Å². The lowest BCUT2D eigenvalue weighted by Gasteiger charge is -2.36. The van der Waals surface area contributed by atoms with Crippen molar-refractivity contribution < 1.29 is 19.0 Å². The van der Waals surface area contributed by atoms with Gasteiger partial charge in [0.25, 0.3) is 5.91 Å². The SMILES string of the molecule is CNC[C@H]1Oc2ncc(-c3cccc(F)c3)cc2C(=O)N([C@H](C)CO)C[C@H]1C. The van der Waals surface area contributed by atoms with Gasteiger partial charge in [0, 0.05) is 30.8 Å². The van der Waals surface area contributed by atoms with Gasteiger partial charge < -0.3 is 20.1 Å². The lowest BCUT2D eigenvalue weighted by Crippen LogP contribution is -2.49. The van der Waals surface area contributed by atoms with Crippen LogP contribution in [-0.2, 0) is 0 Å². The van der Waals surface area contributed by atoms with E-state index in [2.05, 4.69) is 10.3 Å². The summed E-state index contributed by atoms with van der Waals surface area (Å²) in [5.41, 5.74) is 1.58. The fourth-order valence-corrected chi connectivity index (χ4v) is 3.37. The summed E-state index contributed by atoms with van der Waals surface area (Å²) in [6, 6.07) is 7.49. The third kappa shape index (κ3) is 4.15. The summed E-state index contributed by atoms with van der Waals surface area (Å²) in [5.74, 6) is -0.308. The molecule has 0 unspecified atom stereocenters. The quantitative estimate of drug-likeness (QED) is 0.824. The Morgan fingerprint density at radius 1 is 1.39 bits per heavy atom. The van der Waals surface area contributed by atoms with Crippen molar-refractivity contribution in [2.45, 2.75) is 26.0 Å². The predicted molar refractivity (Wildman–Crippen MR) is 105 cm³/mol. The van der Waals surface area contributed by atoms with Gasteiger partial charge in [0.05, 0.1) is 12.6 Å². The summed E-state index contributed by atoms with van der Waals surface area (Å²) >= 11 is 0. The van der Waals surface area contributed by atoms with Crippen LogP contribution in [0.25, 0.3) is 11.1 Å². The molecule has 0 aliphatic carbocycles. The fourth-order valence-electron chi connectivity index (χ4n) is 3.37. The van der Waals surface area contributed by atoms with Crippen molar-refractivity contribution in [3.63, 3.8) is 0 Å². The van der Waals surface area contributed by atoms with Crippen molar-refractivity contribution in [1.29, 1.82) is 0 Å². The van der Waals surface area contributed by atoms with Crippen molar-refractivity contribution in [3.8, 4) is 17.0 Å². The molecule has 0 radical (unpaired) electrons. The van der Waals surface area contributed by atoms with E-state index >= 15 is 0 Å². The number of halogens is 1. The van der Waals surface area contributed by atoms with Crippen LogP contribution in [0.3, 0.4) is 0 Å². The van der Waals surface area contributed by atoms with Crippen LogP contribution < -0.4 is 10.1 Å². The molecule has 3 atom stereocenters. The molecular formula is C21H26FN3O3. The minimum atomic E-state index is -0.356. The highest BCUT2D eigenvalue weighted by molar-refractivity contribution is 5.98. The number of nitrogens with one attached hydrogen (secondary N) is 1. The number of rotatable bonds is 5. The molecule has 1 aromatic carbocycles. The number of ether oxygens (including phenoxy) is 1. The molecule has 0 saturated heterocycles. The average molecular weight is 387 g/mol. The second-order valence-corrected chi connectivity index (χ2v) is 7.27. The molecule has 1 aliphatic heterocycles. The molecule has 28 heavy (non-hydrogen) atoms. The lowest BCUT2D eigenvalue weighted by molar-refractivity contribution is 0.0404. The first-order valence-corrected chi connectivity index (χ1v) is 9.43. The number of benzene rings is 1. The van der Waals surface area contributed by atoms with Crippen LogP contribution in [0, 0.1) is 11.7 Å².